The molecule has 0 saturated heterocycles. The normalized spacial score (nSPS) is 13.9. The van der Waals surface area contributed by atoms with E-state index in [0.29, 0.717) is 12.8 Å². The molecular formula is C13H27N3O3. The first-order chi connectivity index (χ1) is 8.94. The van der Waals surface area contributed by atoms with E-state index in [2.05, 4.69) is 29.4 Å². The van der Waals surface area contributed by atoms with E-state index < -0.39 is 18.0 Å². The number of hydrogen-bond acceptors (Lipinski definition) is 3. The van der Waals surface area contributed by atoms with Crippen LogP contribution in [0.5, 0.6) is 0 Å². The Balaban J connectivity index is 4.17. The van der Waals surface area contributed by atoms with E-state index in [1.54, 1.807) is 0 Å². The number of nitrogens with one attached hydrogen (secondary N) is 2. The molecule has 0 radical (unpaired) electrons. The molecule has 0 saturated carbocycles. The minimum Gasteiger partial charge on any atom is -0.480 e. The van der Waals surface area contributed by atoms with E-state index in [0.717, 1.165) is 19.6 Å². The Kier molecular flexibility index (Phi) is 8.95. The third-order valence-electron chi connectivity index (χ3n) is 2.98. The molecule has 0 fully saturated rings. The lowest BCUT2D eigenvalue weighted by Gasteiger charge is -2.24. The van der Waals surface area contributed by atoms with Gasteiger partial charge in [0.15, 0.2) is 0 Å². The van der Waals surface area contributed by atoms with E-state index in [4.69, 9.17) is 5.11 Å². The standard InChI is InChI=1S/C13H27N3O3/c1-5-8-11(12(17)18)15-13(19)14-10(4)9-16(6-2)7-3/h10-11H,5-9H2,1-4H3,(H,17,18)(H2,14,15,19). The summed E-state index contributed by atoms with van der Waals surface area (Å²) in [5.41, 5.74) is 0. The van der Waals surface area contributed by atoms with Crippen LogP contribution in [0.2, 0.25) is 0 Å². The molecular weight excluding hydrogens is 246 g/mol. The van der Waals surface area contributed by atoms with Crippen LogP contribution in [-0.4, -0.2) is 53.7 Å². The van der Waals surface area contributed by atoms with Gasteiger partial charge in [-0.05, 0) is 26.4 Å². The topological polar surface area (TPSA) is 81.7 Å². The summed E-state index contributed by atoms with van der Waals surface area (Å²) in [5.74, 6) is -0.992. The number of carboxylic acids is 1. The first-order valence-electron chi connectivity index (χ1n) is 6.96. The third kappa shape index (κ3) is 7.66. The van der Waals surface area contributed by atoms with Crippen molar-refractivity contribution in [2.75, 3.05) is 19.6 Å². The van der Waals surface area contributed by atoms with Gasteiger partial charge in [-0.3, -0.25) is 0 Å². The van der Waals surface area contributed by atoms with Gasteiger partial charge in [-0.25, -0.2) is 9.59 Å². The van der Waals surface area contributed by atoms with Crippen molar-refractivity contribution in [3.8, 4) is 0 Å². The number of amides is 2. The minimum absolute atomic E-state index is 0.0176. The van der Waals surface area contributed by atoms with Gasteiger partial charge in [0.2, 0.25) is 0 Å². The quantitative estimate of drug-likeness (QED) is 0.591. The molecule has 2 atom stereocenters. The summed E-state index contributed by atoms with van der Waals surface area (Å²) in [4.78, 5) is 24.8. The van der Waals surface area contributed by atoms with Gasteiger partial charge in [0.1, 0.15) is 6.04 Å². The average molecular weight is 273 g/mol. The van der Waals surface area contributed by atoms with E-state index in [-0.39, 0.29) is 6.04 Å². The Bertz CT molecular complexity index is 280. The molecule has 0 heterocycles. The second-order valence-electron chi connectivity index (χ2n) is 4.68. The van der Waals surface area contributed by atoms with E-state index in [1.807, 2.05) is 13.8 Å². The Morgan fingerprint density at radius 1 is 1.16 bits per heavy atom. The number of likely N-dealkylation sites (N-methyl/N-ethyl adjacent to an activating group) is 1. The first-order valence-corrected chi connectivity index (χ1v) is 6.96. The van der Waals surface area contributed by atoms with Crippen LogP contribution in [0.1, 0.15) is 40.5 Å². The van der Waals surface area contributed by atoms with Gasteiger partial charge in [-0.2, -0.15) is 0 Å². The van der Waals surface area contributed by atoms with Gasteiger partial charge in [0, 0.05) is 12.6 Å². The van der Waals surface area contributed by atoms with Crippen molar-refractivity contribution in [1.29, 1.82) is 0 Å². The number of aliphatic carboxylic acids is 1. The van der Waals surface area contributed by atoms with Crippen LogP contribution in [0.25, 0.3) is 0 Å². The predicted molar refractivity (Wildman–Crippen MR) is 75.2 cm³/mol. The van der Waals surface area contributed by atoms with Gasteiger partial charge < -0.3 is 20.6 Å². The van der Waals surface area contributed by atoms with Crippen LogP contribution < -0.4 is 10.6 Å². The van der Waals surface area contributed by atoms with Gasteiger partial charge in [-0.1, -0.05) is 27.2 Å². The van der Waals surface area contributed by atoms with Crippen molar-refractivity contribution < 1.29 is 14.7 Å². The molecule has 2 amide bonds. The largest absolute Gasteiger partial charge is 0.480 e. The number of carboxylic acid groups (broad SMARTS) is 1. The second-order valence-corrected chi connectivity index (χ2v) is 4.68. The molecule has 2 unspecified atom stereocenters. The van der Waals surface area contributed by atoms with Gasteiger partial charge in [-0.15, -0.1) is 0 Å². The van der Waals surface area contributed by atoms with E-state index in [9.17, 15) is 9.59 Å². The van der Waals surface area contributed by atoms with Gasteiger partial charge in [0.05, 0.1) is 0 Å². The van der Waals surface area contributed by atoms with Crippen LogP contribution in [0.15, 0.2) is 0 Å². The number of rotatable bonds is 9. The minimum atomic E-state index is -0.992. The maximum atomic E-state index is 11.7. The molecule has 0 bridgehead atoms. The number of carbonyl (C=O) groups excluding carboxylic acids is 1. The summed E-state index contributed by atoms with van der Waals surface area (Å²) in [5, 5.41) is 14.2. The molecule has 0 aromatic carbocycles. The molecule has 0 rings (SSSR count). The SMILES string of the molecule is CCCC(NC(=O)NC(C)CN(CC)CC)C(=O)O. The van der Waals surface area contributed by atoms with Gasteiger partial charge >= 0.3 is 12.0 Å². The Labute approximate surface area is 115 Å². The summed E-state index contributed by atoms with van der Waals surface area (Å²) in [7, 11) is 0. The lowest BCUT2D eigenvalue weighted by atomic mass is 10.2. The van der Waals surface area contributed by atoms with Gasteiger partial charge in [0.25, 0.3) is 0 Å². The molecule has 6 heteroatoms. The molecule has 0 spiro atoms. The molecule has 19 heavy (non-hydrogen) atoms. The van der Waals surface area contributed by atoms with Crippen LogP contribution in [0.4, 0.5) is 4.79 Å². The highest BCUT2D eigenvalue weighted by molar-refractivity contribution is 5.82. The summed E-state index contributed by atoms with van der Waals surface area (Å²) < 4.78 is 0. The monoisotopic (exact) mass is 273 g/mol. The molecule has 0 aromatic rings. The maximum absolute atomic E-state index is 11.7. The summed E-state index contributed by atoms with van der Waals surface area (Å²) in [6.07, 6.45) is 1.15. The molecule has 3 N–H and O–H groups in total. The zero-order chi connectivity index (χ0) is 14.8. The molecule has 0 aromatic heterocycles. The van der Waals surface area contributed by atoms with Crippen molar-refractivity contribution in [3.63, 3.8) is 0 Å². The molecule has 112 valence electrons. The zero-order valence-corrected chi connectivity index (χ0v) is 12.4. The smallest absolute Gasteiger partial charge is 0.326 e. The first kappa shape index (κ1) is 17.7. The fourth-order valence-corrected chi connectivity index (χ4v) is 1.88. The average Bonchev–Trinajstić information content (AvgIpc) is 2.35. The van der Waals surface area contributed by atoms with E-state index in [1.165, 1.54) is 0 Å². The van der Waals surface area contributed by atoms with Crippen LogP contribution in [-0.2, 0) is 4.79 Å². The number of nitrogens with zero attached hydrogens (tertiary/aromatic N) is 1. The fourth-order valence-electron chi connectivity index (χ4n) is 1.88. The van der Waals surface area contributed by atoms with E-state index >= 15 is 0 Å². The van der Waals surface area contributed by atoms with Crippen molar-refractivity contribution >= 4 is 12.0 Å². The zero-order valence-electron chi connectivity index (χ0n) is 12.4. The fraction of sp³-hybridized carbons (Fsp3) is 0.846. The number of hydrogen-bond donors (Lipinski definition) is 3. The number of urea groups is 1. The van der Waals surface area contributed by atoms with Crippen molar-refractivity contribution in [2.24, 2.45) is 0 Å². The lowest BCUT2D eigenvalue weighted by molar-refractivity contribution is -0.139. The van der Waals surface area contributed by atoms with Crippen molar-refractivity contribution in [1.82, 2.24) is 15.5 Å². The lowest BCUT2D eigenvalue weighted by Crippen LogP contribution is -2.50. The molecule has 6 nitrogen and oxygen atoms in total. The second kappa shape index (κ2) is 9.61. The maximum Gasteiger partial charge on any atom is 0.326 e. The van der Waals surface area contributed by atoms with Crippen LogP contribution in [0.3, 0.4) is 0 Å². The van der Waals surface area contributed by atoms with Crippen molar-refractivity contribution in [3.05, 3.63) is 0 Å². The Morgan fingerprint density at radius 2 is 1.74 bits per heavy atom. The number of carbonyl (C=O) groups is 2. The predicted octanol–water partition coefficient (Wildman–Crippen LogP) is 1.27. The third-order valence-corrected chi connectivity index (χ3v) is 2.98. The Morgan fingerprint density at radius 3 is 2.16 bits per heavy atom. The van der Waals surface area contributed by atoms with Crippen LogP contribution >= 0.6 is 0 Å². The Hall–Kier alpha value is -1.30. The van der Waals surface area contributed by atoms with Crippen LogP contribution in [0, 0.1) is 0 Å². The van der Waals surface area contributed by atoms with Crippen molar-refractivity contribution in [2.45, 2.75) is 52.6 Å². The highest BCUT2D eigenvalue weighted by atomic mass is 16.4. The summed E-state index contributed by atoms with van der Waals surface area (Å²) in [6.45, 7) is 10.5. The summed E-state index contributed by atoms with van der Waals surface area (Å²) in [6, 6.07) is -1.25. The summed E-state index contributed by atoms with van der Waals surface area (Å²) >= 11 is 0. The highest BCUT2D eigenvalue weighted by Crippen LogP contribution is 1.97. The molecule has 0 aliphatic carbocycles. The molecule has 0 aliphatic rings. The highest BCUT2D eigenvalue weighted by Gasteiger charge is 2.19. The molecule has 0 aliphatic heterocycles.